The molecule has 3 heteroatoms. The van der Waals surface area contributed by atoms with Crippen molar-refractivity contribution in [1.82, 2.24) is 4.98 Å². The Hall–Kier alpha value is -1.09. The van der Waals surface area contributed by atoms with Crippen LogP contribution in [0.15, 0.2) is 18.3 Å². The molecule has 0 saturated carbocycles. The summed E-state index contributed by atoms with van der Waals surface area (Å²) in [6.07, 6.45) is 3.17. The Morgan fingerprint density at radius 3 is 2.65 bits per heavy atom. The number of anilines is 1. The lowest BCUT2D eigenvalue weighted by molar-refractivity contribution is 0.323. The second kappa shape index (κ2) is 5.05. The van der Waals surface area contributed by atoms with E-state index in [-0.39, 0.29) is 6.04 Å². The van der Waals surface area contributed by atoms with Crippen LogP contribution in [0, 0.1) is 11.8 Å². The molecule has 3 atom stereocenters. The van der Waals surface area contributed by atoms with E-state index in [2.05, 4.69) is 35.9 Å². The van der Waals surface area contributed by atoms with E-state index in [0.717, 1.165) is 36.3 Å². The van der Waals surface area contributed by atoms with Crippen molar-refractivity contribution >= 4 is 5.82 Å². The van der Waals surface area contributed by atoms with Crippen molar-refractivity contribution in [2.45, 2.75) is 33.2 Å². The number of rotatable bonds is 2. The van der Waals surface area contributed by atoms with Crippen LogP contribution in [0.2, 0.25) is 0 Å². The quantitative estimate of drug-likeness (QED) is 0.853. The molecule has 0 aliphatic carbocycles. The number of nitrogens with two attached hydrogens (primary N) is 1. The van der Waals surface area contributed by atoms with Gasteiger partial charge in [-0.1, -0.05) is 19.9 Å². The molecule has 1 aliphatic rings. The van der Waals surface area contributed by atoms with E-state index in [1.54, 1.807) is 0 Å². The van der Waals surface area contributed by atoms with Crippen molar-refractivity contribution in [3.8, 4) is 0 Å². The van der Waals surface area contributed by atoms with Crippen molar-refractivity contribution in [2.24, 2.45) is 17.6 Å². The van der Waals surface area contributed by atoms with E-state index in [4.69, 9.17) is 5.73 Å². The third-order valence-corrected chi connectivity index (χ3v) is 3.95. The summed E-state index contributed by atoms with van der Waals surface area (Å²) in [6, 6.07) is 4.26. The Kier molecular flexibility index (Phi) is 3.67. The Morgan fingerprint density at radius 1 is 1.35 bits per heavy atom. The molecular weight excluding hydrogens is 210 g/mol. The lowest BCUT2D eigenvalue weighted by atomic mass is 9.89. The van der Waals surface area contributed by atoms with Crippen LogP contribution in [-0.2, 0) is 0 Å². The van der Waals surface area contributed by atoms with Gasteiger partial charge < -0.3 is 10.6 Å². The molecule has 2 heterocycles. The molecule has 2 N–H and O–H groups in total. The molecule has 0 spiro atoms. The highest BCUT2D eigenvalue weighted by Gasteiger charge is 2.23. The molecule has 17 heavy (non-hydrogen) atoms. The predicted octanol–water partition coefficient (Wildman–Crippen LogP) is 2.58. The first-order valence-electron chi connectivity index (χ1n) is 6.54. The van der Waals surface area contributed by atoms with Gasteiger partial charge in [-0.3, -0.25) is 0 Å². The van der Waals surface area contributed by atoms with Crippen LogP contribution in [0.1, 0.15) is 38.8 Å². The summed E-state index contributed by atoms with van der Waals surface area (Å²) in [7, 11) is 0. The Bertz CT molecular complexity index is 358. The van der Waals surface area contributed by atoms with Crippen LogP contribution in [0.5, 0.6) is 0 Å². The largest absolute Gasteiger partial charge is 0.356 e. The molecule has 94 valence electrons. The number of hydrogen-bond acceptors (Lipinski definition) is 3. The van der Waals surface area contributed by atoms with Gasteiger partial charge in [-0.2, -0.15) is 0 Å². The average molecular weight is 233 g/mol. The van der Waals surface area contributed by atoms with Crippen LogP contribution in [0.4, 0.5) is 5.82 Å². The van der Waals surface area contributed by atoms with Crippen molar-refractivity contribution in [3.05, 3.63) is 23.9 Å². The van der Waals surface area contributed by atoms with Gasteiger partial charge in [0.15, 0.2) is 0 Å². The zero-order chi connectivity index (χ0) is 12.4. The second-order valence-corrected chi connectivity index (χ2v) is 5.43. The molecule has 0 amide bonds. The van der Waals surface area contributed by atoms with Crippen molar-refractivity contribution in [2.75, 3.05) is 18.0 Å². The normalized spacial score (nSPS) is 26.9. The number of aromatic nitrogens is 1. The molecule has 3 nitrogen and oxygen atoms in total. The fourth-order valence-electron chi connectivity index (χ4n) is 2.32. The number of nitrogens with zero attached hydrogens (tertiary/aromatic N) is 2. The molecule has 0 aromatic carbocycles. The summed E-state index contributed by atoms with van der Waals surface area (Å²) in [4.78, 5) is 6.91. The maximum Gasteiger partial charge on any atom is 0.128 e. The Labute approximate surface area is 104 Å². The summed E-state index contributed by atoms with van der Waals surface area (Å²) >= 11 is 0. The van der Waals surface area contributed by atoms with Crippen LogP contribution < -0.4 is 10.6 Å². The zero-order valence-electron chi connectivity index (χ0n) is 11.1. The summed E-state index contributed by atoms with van der Waals surface area (Å²) < 4.78 is 0. The van der Waals surface area contributed by atoms with Gasteiger partial charge in [0.2, 0.25) is 0 Å². The molecule has 2 unspecified atom stereocenters. The molecule has 1 saturated heterocycles. The minimum atomic E-state index is 0.0665. The van der Waals surface area contributed by atoms with E-state index < -0.39 is 0 Å². The fraction of sp³-hybridized carbons (Fsp3) is 0.643. The topological polar surface area (TPSA) is 42.1 Å². The molecular formula is C14H23N3. The smallest absolute Gasteiger partial charge is 0.128 e. The van der Waals surface area contributed by atoms with E-state index in [1.165, 1.54) is 6.42 Å². The summed E-state index contributed by atoms with van der Waals surface area (Å²) in [5, 5.41) is 0. The van der Waals surface area contributed by atoms with Gasteiger partial charge in [0, 0.05) is 25.3 Å². The van der Waals surface area contributed by atoms with E-state index in [0.29, 0.717) is 0 Å². The lowest BCUT2D eigenvalue weighted by Gasteiger charge is -2.36. The SMILES string of the molecule is CC1CCN(c2ccc([C@H](C)N)cn2)CC1C. The fourth-order valence-corrected chi connectivity index (χ4v) is 2.32. The monoisotopic (exact) mass is 233 g/mol. The second-order valence-electron chi connectivity index (χ2n) is 5.43. The highest BCUT2D eigenvalue weighted by Crippen LogP contribution is 2.26. The highest BCUT2D eigenvalue weighted by molar-refractivity contribution is 5.40. The van der Waals surface area contributed by atoms with Gasteiger partial charge in [0.1, 0.15) is 5.82 Å². The Morgan fingerprint density at radius 2 is 2.12 bits per heavy atom. The molecule has 0 radical (unpaired) electrons. The maximum atomic E-state index is 5.83. The molecule has 2 rings (SSSR count). The van der Waals surface area contributed by atoms with Crippen molar-refractivity contribution in [1.29, 1.82) is 0 Å². The maximum absolute atomic E-state index is 5.83. The highest BCUT2D eigenvalue weighted by atomic mass is 15.2. The van der Waals surface area contributed by atoms with Crippen LogP contribution in [0.3, 0.4) is 0 Å². The van der Waals surface area contributed by atoms with Gasteiger partial charge in [0.05, 0.1) is 0 Å². The van der Waals surface area contributed by atoms with E-state index >= 15 is 0 Å². The third kappa shape index (κ3) is 2.78. The van der Waals surface area contributed by atoms with Crippen molar-refractivity contribution in [3.63, 3.8) is 0 Å². The molecule has 0 bridgehead atoms. The average Bonchev–Trinajstić information content (AvgIpc) is 2.33. The molecule has 1 fully saturated rings. The Balaban J connectivity index is 2.07. The third-order valence-electron chi connectivity index (χ3n) is 3.95. The molecule has 1 aliphatic heterocycles. The van der Waals surface area contributed by atoms with Gasteiger partial charge in [0.25, 0.3) is 0 Å². The minimum Gasteiger partial charge on any atom is -0.356 e. The first kappa shape index (κ1) is 12.4. The summed E-state index contributed by atoms with van der Waals surface area (Å²) in [5.41, 5.74) is 6.93. The number of piperidine rings is 1. The van der Waals surface area contributed by atoms with Gasteiger partial charge in [-0.15, -0.1) is 0 Å². The van der Waals surface area contributed by atoms with Crippen LogP contribution in [-0.4, -0.2) is 18.1 Å². The predicted molar refractivity (Wildman–Crippen MR) is 72.0 cm³/mol. The van der Waals surface area contributed by atoms with Crippen LogP contribution in [0.25, 0.3) is 0 Å². The molecule has 1 aromatic heterocycles. The molecule has 1 aromatic rings. The summed E-state index contributed by atoms with van der Waals surface area (Å²) in [5.74, 6) is 2.67. The van der Waals surface area contributed by atoms with Crippen molar-refractivity contribution < 1.29 is 0 Å². The lowest BCUT2D eigenvalue weighted by Crippen LogP contribution is -2.38. The van der Waals surface area contributed by atoms with Gasteiger partial charge >= 0.3 is 0 Å². The zero-order valence-corrected chi connectivity index (χ0v) is 11.1. The van der Waals surface area contributed by atoms with E-state index in [9.17, 15) is 0 Å². The first-order chi connectivity index (χ1) is 8.08. The minimum absolute atomic E-state index is 0.0665. The van der Waals surface area contributed by atoms with Gasteiger partial charge in [-0.25, -0.2) is 4.98 Å². The first-order valence-corrected chi connectivity index (χ1v) is 6.54. The number of hydrogen-bond donors (Lipinski definition) is 1. The van der Waals surface area contributed by atoms with Gasteiger partial charge in [-0.05, 0) is 36.8 Å². The van der Waals surface area contributed by atoms with Crippen LogP contribution >= 0.6 is 0 Å². The van der Waals surface area contributed by atoms with E-state index in [1.807, 2.05) is 13.1 Å². The standard InChI is InChI=1S/C14H23N3/c1-10-6-7-17(9-11(10)2)14-5-4-13(8-16-14)12(3)15/h4-5,8,10-12H,6-7,9,15H2,1-3H3/t10?,11?,12-/m0/s1. The number of pyridine rings is 1. The summed E-state index contributed by atoms with van der Waals surface area (Å²) in [6.45, 7) is 8.89.